The first-order chi connectivity index (χ1) is 7.20. The van der Waals surface area contributed by atoms with Crippen LogP contribution in [0.3, 0.4) is 0 Å². The van der Waals surface area contributed by atoms with Crippen LogP contribution in [0.2, 0.25) is 5.02 Å². The second-order valence-electron chi connectivity index (χ2n) is 3.23. The van der Waals surface area contributed by atoms with E-state index >= 15 is 0 Å². The Kier molecular flexibility index (Phi) is 2.79. The molecular weight excluding hydrogens is 218 g/mol. The molecule has 1 atom stereocenters. The van der Waals surface area contributed by atoms with Gasteiger partial charge in [-0.2, -0.15) is 0 Å². The van der Waals surface area contributed by atoms with E-state index in [0.29, 0.717) is 17.2 Å². The minimum atomic E-state index is -0.529. The zero-order valence-corrected chi connectivity index (χ0v) is 8.88. The van der Waals surface area contributed by atoms with E-state index in [1.54, 1.807) is 18.2 Å². The lowest BCUT2D eigenvalue weighted by molar-refractivity contribution is -0.137. The van der Waals surface area contributed by atoms with Gasteiger partial charge in [0.1, 0.15) is 5.75 Å². The van der Waals surface area contributed by atoms with Gasteiger partial charge >= 0.3 is 0 Å². The van der Waals surface area contributed by atoms with Gasteiger partial charge in [-0.25, -0.2) is 5.48 Å². The van der Waals surface area contributed by atoms with Crippen molar-refractivity contribution in [3.8, 4) is 5.75 Å². The average Bonchev–Trinajstić information content (AvgIpc) is 2.60. The molecule has 0 aliphatic carbocycles. The van der Waals surface area contributed by atoms with Crippen molar-refractivity contribution in [3.05, 3.63) is 28.8 Å². The minimum Gasteiger partial charge on any atom is -0.480 e. The Balaban J connectivity index is 2.12. The Hall–Kier alpha value is -1.26. The normalized spacial score (nSPS) is 18.1. The molecule has 0 saturated carbocycles. The van der Waals surface area contributed by atoms with Crippen molar-refractivity contribution in [1.82, 2.24) is 5.48 Å². The monoisotopic (exact) mass is 227 g/mol. The predicted molar refractivity (Wildman–Crippen MR) is 54.7 cm³/mol. The molecule has 1 aromatic rings. The Morgan fingerprint density at radius 2 is 2.47 bits per heavy atom. The third-order valence-corrected chi connectivity index (χ3v) is 2.43. The molecule has 5 heteroatoms. The van der Waals surface area contributed by atoms with E-state index in [-0.39, 0.29) is 5.91 Å². The van der Waals surface area contributed by atoms with Crippen LogP contribution in [0.5, 0.6) is 5.75 Å². The molecule has 1 aliphatic heterocycles. The number of fused-ring (bicyclic) bond motifs is 1. The SMILES string of the molecule is CONC(=O)C1Cc2cc(Cl)ccc2O1. The van der Waals surface area contributed by atoms with Crippen LogP contribution in [0.4, 0.5) is 0 Å². The number of carbonyl (C=O) groups excluding carboxylic acids is 1. The maximum absolute atomic E-state index is 11.4. The summed E-state index contributed by atoms with van der Waals surface area (Å²) in [4.78, 5) is 15.9. The molecule has 2 rings (SSSR count). The molecular formula is C10H10ClNO3. The van der Waals surface area contributed by atoms with E-state index in [9.17, 15) is 4.79 Å². The summed E-state index contributed by atoms with van der Waals surface area (Å²) < 4.78 is 5.43. The zero-order valence-electron chi connectivity index (χ0n) is 8.12. The largest absolute Gasteiger partial charge is 0.480 e. The van der Waals surface area contributed by atoms with E-state index in [1.165, 1.54) is 7.11 Å². The van der Waals surface area contributed by atoms with E-state index in [1.807, 2.05) is 0 Å². The molecule has 1 unspecified atom stereocenters. The van der Waals surface area contributed by atoms with Crippen molar-refractivity contribution in [3.63, 3.8) is 0 Å². The van der Waals surface area contributed by atoms with Gasteiger partial charge in [0.15, 0.2) is 6.10 Å². The van der Waals surface area contributed by atoms with Crippen LogP contribution in [-0.2, 0) is 16.1 Å². The Morgan fingerprint density at radius 3 is 3.20 bits per heavy atom. The standard InChI is InChI=1S/C10H10ClNO3/c1-14-12-10(13)9-5-6-4-7(11)2-3-8(6)15-9/h2-4,9H,5H2,1H3,(H,12,13). The molecule has 0 fully saturated rings. The minimum absolute atomic E-state index is 0.287. The average molecular weight is 228 g/mol. The highest BCUT2D eigenvalue weighted by molar-refractivity contribution is 6.30. The van der Waals surface area contributed by atoms with Crippen LogP contribution in [0.1, 0.15) is 5.56 Å². The molecule has 4 nitrogen and oxygen atoms in total. The molecule has 1 N–H and O–H groups in total. The van der Waals surface area contributed by atoms with Crippen molar-refractivity contribution < 1.29 is 14.4 Å². The Labute approximate surface area is 92.1 Å². The van der Waals surface area contributed by atoms with E-state index < -0.39 is 6.10 Å². The van der Waals surface area contributed by atoms with Crippen molar-refractivity contribution in [1.29, 1.82) is 0 Å². The number of hydrogen-bond acceptors (Lipinski definition) is 3. The summed E-state index contributed by atoms with van der Waals surface area (Å²) in [6.07, 6.45) is -0.0103. The fraction of sp³-hybridized carbons (Fsp3) is 0.300. The zero-order chi connectivity index (χ0) is 10.8. The molecule has 0 bridgehead atoms. The van der Waals surface area contributed by atoms with E-state index in [2.05, 4.69) is 10.3 Å². The van der Waals surface area contributed by atoms with Crippen molar-refractivity contribution in [2.75, 3.05) is 7.11 Å². The summed E-state index contributed by atoms with van der Waals surface area (Å²) in [6, 6.07) is 5.30. The number of halogens is 1. The molecule has 1 aromatic carbocycles. The fourth-order valence-corrected chi connectivity index (χ4v) is 1.72. The van der Waals surface area contributed by atoms with Crippen LogP contribution in [-0.4, -0.2) is 19.1 Å². The molecule has 0 radical (unpaired) electrons. The molecule has 0 saturated heterocycles. The highest BCUT2D eigenvalue weighted by atomic mass is 35.5. The summed E-state index contributed by atoms with van der Waals surface area (Å²) in [5, 5.41) is 0.644. The first kappa shape index (κ1) is 10.3. The number of hydroxylamine groups is 1. The Bertz CT molecular complexity index is 394. The van der Waals surface area contributed by atoms with Crippen molar-refractivity contribution in [2.24, 2.45) is 0 Å². The lowest BCUT2D eigenvalue weighted by Gasteiger charge is -2.08. The van der Waals surface area contributed by atoms with Gasteiger partial charge in [0.2, 0.25) is 0 Å². The maximum Gasteiger partial charge on any atom is 0.284 e. The van der Waals surface area contributed by atoms with Gasteiger partial charge in [0.05, 0.1) is 7.11 Å². The summed E-state index contributed by atoms with van der Waals surface area (Å²) >= 11 is 5.83. The lowest BCUT2D eigenvalue weighted by Crippen LogP contribution is -2.36. The summed E-state index contributed by atoms with van der Waals surface area (Å²) in [7, 11) is 1.39. The second kappa shape index (κ2) is 4.08. The number of hydrogen-bond donors (Lipinski definition) is 1. The molecule has 80 valence electrons. The number of nitrogens with one attached hydrogen (secondary N) is 1. The number of ether oxygens (including phenoxy) is 1. The highest BCUT2D eigenvalue weighted by Crippen LogP contribution is 2.30. The number of benzene rings is 1. The van der Waals surface area contributed by atoms with Crippen LogP contribution in [0, 0.1) is 0 Å². The van der Waals surface area contributed by atoms with Crippen LogP contribution < -0.4 is 10.2 Å². The molecule has 15 heavy (non-hydrogen) atoms. The third-order valence-electron chi connectivity index (χ3n) is 2.19. The van der Waals surface area contributed by atoms with Gasteiger partial charge in [-0.15, -0.1) is 0 Å². The van der Waals surface area contributed by atoms with Crippen LogP contribution in [0.15, 0.2) is 18.2 Å². The quantitative estimate of drug-likeness (QED) is 0.776. The molecule has 1 heterocycles. The lowest BCUT2D eigenvalue weighted by atomic mass is 10.1. The van der Waals surface area contributed by atoms with Crippen molar-refractivity contribution >= 4 is 17.5 Å². The van der Waals surface area contributed by atoms with Gasteiger partial charge in [-0.3, -0.25) is 9.63 Å². The number of amides is 1. The van der Waals surface area contributed by atoms with E-state index in [0.717, 1.165) is 5.56 Å². The molecule has 1 amide bonds. The molecule has 1 aliphatic rings. The van der Waals surface area contributed by atoms with Gasteiger partial charge in [0, 0.05) is 11.4 Å². The summed E-state index contributed by atoms with van der Waals surface area (Å²) in [5.41, 5.74) is 3.18. The van der Waals surface area contributed by atoms with Crippen LogP contribution in [0.25, 0.3) is 0 Å². The maximum atomic E-state index is 11.4. The van der Waals surface area contributed by atoms with E-state index in [4.69, 9.17) is 16.3 Å². The molecule has 0 spiro atoms. The number of rotatable bonds is 2. The topological polar surface area (TPSA) is 47.6 Å². The third kappa shape index (κ3) is 2.06. The smallest absolute Gasteiger partial charge is 0.284 e. The van der Waals surface area contributed by atoms with Crippen molar-refractivity contribution in [2.45, 2.75) is 12.5 Å². The summed E-state index contributed by atoms with van der Waals surface area (Å²) in [6.45, 7) is 0. The van der Waals surface area contributed by atoms with Crippen LogP contribution >= 0.6 is 11.6 Å². The second-order valence-corrected chi connectivity index (χ2v) is 3.67. The highest BCUT2D eigenvalue weighted by Gasteiger charge is 2.29. The first-order valence-electron chi connectivity index (χ1n) is 4.48. The molecule has 0 aromatic heterocycles. The fourth-order valence-electron chi connectivity index (χ4n) is 1.53. The van der Waals surface area contributed by atoms with Gasteiger partial charge in [0.25, 0.3) is 5.91 Å². The first-order valence-corrected chi connectivity index (χ1v) is 4.86. The van der Waals surface area contributed by atoms with Gasteiger partial charge in [-0.05, 0) is 23.8 Å². The number of carbonyl (C=O) groups is 1. The predicted octanol–water partition coefficient (Wildman–Crippen LogP) is 1.32. The van der Waals surface area contributed by atoms with Gasteiger partial charge < -0.3 is 4.74 Å². The van der Waals surface area contributed by atoms with Gasteiger partial charge in [-0.1, -0.05) is 11.6 Å². The Morgan fingerprint density at radius 1 is 1.67 bits per heavy atom. The summed E-state index contributed by atoms with van der Waals surface area (Å²) in [5.74, 6) is 0.417.